The van der Waals surface area contributed by atoms with Gasteiger partial charge in [0, 0.05) is 24.2 Å². The van der Waals surface area contributed by atoms with Gasteiger partial charge in [-0.15, -0.1) is 0 Å². The molecule has 1 aromatic carbocycles. The highest BCUT2D eigenvalue weighted by atomic mass is 16.4. The Labute approximate surface area is 128 Å². The van der Waals surface area contributed by atoms with Crippen LogP contribution in [0.25, 0.3) is 0 Å². The predicted molar refractivity (Wildman–Crippen MR) is 87.3 cm³/mol. The van der Waals surface area contributed by atoms with Crippen LogP contribution in [0.2, 0.25) is 0 Å². The number of hydrogen-bond donors (Lipinski definition) is 1. The second-order valence-corrected chi connectivity index (χ2v) is 6.60. The van der Waals surface area contributed by atoms with Gasteiger partial charge in [-0.1, -0.05) is 26.7 Å². The molecule has 116 valence electrons. The molecule has 0 aromatic heterocycles. The van der Waals surface area contributed by atoms with Crippen molar-refractivity contribution >= 4 is 11.7 Å². The zero-order valence-electron chi connectivity index (χ0n) is 13.7. The molecule has 0 spiro atoms. The number of aryl methyl sites for hydroxylation is 1. The molecule has 0 radical (unpaired) electrons. The van der Waals surface area contributed by atoms with Gasteiger partial charge < -0.3 is 10.0 Å². The minimum Gasteiger partial charge on any atom is -0.478 e. The molecule has 0 bridgehead atoms. The van der Waals surface area contributed by atoms with E-state index >= 15 is 0 Å². The smallest absolute Gasteiger partial charge is 0.336 e. The molecule has 0 atom stereocenters. The molecule has 3 nitrogen and oxygen atoms in total. The molecule has 3 heteroatoms. The van der Waals surface area contributed by atoms with Crippen molar-refractivity contribution in [2.75, 3.05) is 18.0 Å². The molecule has 1 heterocycles. The van der Waals surface area contributed by atoms with Gasteiger partial charge in [0.25, 0.3) is 0 Å². The van der Waals surface area contributed by atoms with Gasteiger partial charge in [-0.05, 0) is 49.9 Å². The van der Waals surface area contributed by atoms with Gasteiger partial charge in [0.15, 0.2) is 0 Å². The fourth-order valence-electron chi connectivity index (χ4n) is 3.69. The van der Waals surface area contributed by atoms with Crippen LogP contribution in [-0.4, -0.2) is 24.2 Å². The summed E-state index contributed by atoms with van der Waals surface area (Å²) >= 11 is 0. The Hall–Kier alpha value is -1.51. The van der Waals surface area contributed by atoms with Crippen LogP contribution in [0, 0.1) is 19.3 Å². The Bertz CT molecular complexity index is 522. The van der Waals surface area contributed by atoms with Crippen LogP contribution in [0.1, 0.15) is 61.0 Å². The number of carboxylic acid groups (broad SMARTS) is 1. The molecular weight excluding hydrogens is 262 g/mol. The molecule has 1 aliphatic heterocycles. The number of carbonyl (C=O) groups is 1. The summed E-state index contributed by atoms with van der Waals surface area (Å²) in [6, 6.07) is 3.97. The van der Waals surface area contributed by atoms with Crippen LogP contribution < -0.4 is 4.90 Å². The number of anilines is 1. The monoisotopic (exact) mass is 289 g/mol. The number of benzene rings is 1. The summed E-state index contributed by atoms with van der Waals surface area (Å²) in [5.74, 6) is -0.827. The highest BCUT2D eigenvalue weighted by Crippen LogP contribution is 2.42. The summed E-state index contributed by atoms with van der Waals surface area (Å²) in [7, 11) is 0. The molecule has 2 rings (SSSR count). The number of hydrogen-bond acceptors (Lipinski definition) is 2. The van der Waals surface area contributed by atoms with Crippen LogP contribution in [0.15, 0.2) is 12.1 Å². The number of rotatable bonds is 6. The van der Waals surface area contributed by atoms with E-state index in [0.29, 0.717) is 11.0 Å². The summed E-state index contributed by atoms with van der Waals surface area (Å²) in [5, 5.41) is 9.34. The second kappa shape index (κ2) is 6.08. The molecule has 0 unspecified atom stereocenters. The summed E-state index contributed by atoms with van der Waals surface area (Å²) < 4.78 is 0. The Morgan fingerprint density at radius 3 is 2.24 bits per heavy atom. The van der Waals surface area contributed by atoms with Crippen LogP contribution in [0.5, 0.6) is 0 Å². The zero-order valence-corrected chi connectivity index (χ0v) is 13.7. The lowest BCUT2D eigenvalue weighted by atomic mass is 9.72. The lowest BCUT2D eigenvalue weighted by Gasteiger charge is -2.52. The van der Waals surface area contributed by atoms with Gasteiger partial charge >= 0.3 is 5.97 Å². The first-order valence-electron chi connectivity index (χ1n) is 8.02. The molecule has 1 fully saturated rings. The lowest BCUT2D eigenvalue weighted by molar-refractivity contribution is 0.0696. The van der Waals surface area contributed by atoms with Crippen LogP contribution >= 0.6 is 0 Å². The maximum absolute atomic E-state index is 11.4. The topological polar surface area (TPSA) is 40.5 Å². The van der Waals surface area contributed by atoms with E-state index in [1.54, 1.807) is 0 Å². The van der Waals surface area contributed by atoms with E-state index in [0.717, 1.165) is 29.9 Å². The summed E-state index contributed by atoms with van der Waals surface area (Å²) in [6.07, 6.45) is 4.99. The van der Waals surface area contributed by atoms with Gasteiger partial charge in [0.1, 0.15) is 0 Å². The zero-order chi connectivity index (χ0) is 15.6. The van der Waals surface area contributed by atoms with Gasteiger partial charge in [-0.25, -0.2) is 4.79 Å². The lowest BCUT2D eigenvalue weighted by Crippen LogP contribution is -2.56. The molecule has 1 aromatic rings. The summed E-state index contributed by atoms with van der Waals surface area (Å²) in [5.41, 5.74) is 3.89. The molecule has 21 heavy (non-hydrogen) atoms. The quantitative estimate of drug-likeness (QED) is 0.843. The van der Waals surface area contributed by atoms with Crippen LogP contribution in [0.4, 0.5) is 5.69 Å². The fraction of sp³-hybridized carbons (Fsp3) is 0.611. The molecule has 0 aliphatic carbocycles. The first-order chi connectivity index (χ1) is 9.92. The standard InChI is InChI=1S/C18H27NO2/c1-5-7-18(8-6-2)11-19(12-18)15-9-13(3)14(4)16(10-15)17(20)21/h9-10H,5-8,11-12H2,1-4H3,(H,20,21). The molecule has 0 amide bonds. The van der Waals surface area contributed by atoms with E-state index in [2.05, 4.69) is 24.8 Å². The summed E-state index contributed by atoms with van der Waals surface area (Å²) in [4.78, 5) is 13.7. The van der Waals surface area contributed by atoms with Crippen molar-refractivity contribution < 1.29 is 9.90 Å². The molecule has 1 saturated heterocycles. The van der Waals surface area contributed by atoms with E-state index in [1.807, 2.05) is 19.9 Å². The Morgan fingerprint density at radius 2 is 1.76 bits per heavy atom. The molecular formula is C18H27NO2. The SMILES string of the molecule is CCCC1(CCC)CN(c2cc(C)c(C)c(C(=O)O)c2)C1. The van der Waals surface area contributed by atoms with Crippen molar-refractivity contribution in [2.45, 2.75) is 53.4 Å². The molecule has 0 saturated carbocycles. The minimum absolute atomic E-state index is 0.438. The maximum Gasteiger partial charge on any atom is 0.336 e. The number of carboxylic acids is 1. The fourth-order valence-corrected chi connectivity index (χ4v) is 3.69. The molecule has 1 aliphatic rings. The first-order valence-corrected chi connectivity index (χ1v) is 8.02. The van der Waals surface area contributed by atoms with E-state index in [1.165, 1.54) is 25.7 Å². The number of aromatic carboxylic acids is 1. The molecule has 1 N–H and O–H groups in total. The highest BCUT2D eigenvalue weighted by Gasteiger charge is 2.41. The highest BCUT2D eigenvalue weighted by molar-refractivity contribution is 5.91. The van der Waals surface area contributed by atoms with Crippen LogP contribution in [0.3, 0.4) is 0 Å². The largest absolute Gasteiger partial charge is 0.478 e. The van der Waals surface area contributed by atoms with Gasteiger partial charge in [-0.3, -0.25) is 0 Å². The van der Waals surface area contributed by atoms with Gasteiger partial charge in [0.05, 0.1) is 5.56 Å². The van der Waals surface area contributed by atoms with Crippen molar-refractivity contribution in [1.29, 1.82) is 0 Å². The van der Waals surface area contributed by atoms with Crippen molar-refractivity contribution in [3.63, 3.8) is 0 Å². The number of nitrogens with zero attached hydrogens (tertiary/aromatic N) is 1. The van der Waals surface area contributed by atoms with E-state index in [4.69, 9.17) is 0 Å². The average Bonchev–Trinajstić information content (AvgIpc) is 2.38. The third-order valence-corrected chi connectivity index (χ3v) is 4.86. The van der Waals surface area contributed by atoms with Crippen LogP contribution in [-0.2, 0) is 0 Å². The van der Waals surface area contributed by atoms with E-state index < -0.39 is 5.97 Å². The summed E-state index contributed by atoms with van der Waals surface area (Å²) in [6.45, 7) is 10.5. The average molecular weight is 289 g/mol. The Morgan fingerprint density at radius 1 is 1.19 bits per heavy atom. The van der Waals surface area contributed by atoms with Gasteiger partial charge in [-0.2, -0.15) is 0 Å². The van der Waals surface area contributed by atoms with Crippen molar-refractivity contribution in [3.8, 4) is 0 Å². The van der Waals surface area contributed by atoms with Gasteiger partial charge in [0.2, 0.25) is 0 Å². The van der Waals surface area contributed by atoms with E-state index in [-0.39, 0.29) is 0 Å². The predicted octanol–water partition coefficient (Wildman–Crippen LogP) is 4.41. The second-order valence-electron chi connectivity index (χ2n) is 6.60. The van der Waals surface area contributed by atoms with Crippen molar-refractivity contribution in [3.05, 3.63) is 28.8 Å². The third kappa shape index (κ3) is 3.07. The third-order valence-electron chi connectivity index (χ3n) is 4.86. The van der Waals surface area contributed by atoms with Crippen molar-refractivity contribution in [1.82, 2.24) is 0 Å². The first kappa shape index (κ1) is 15.9. The van der Waals surface area contributed by atoms with E-state index in [9.17, 15) is 9.90 Å². The minimum atomic E-state index is -0.827. The normalized spacial score (nSPS) is 16.7. The Balaban J connectivity index is 2.20. The Kier molecular flexibility index (Phi) is 4.60. The maximum atomic E-state index is 11.4. The van der Waals surface area contributed by atoms with Crippen molar-refractivity contribution in [2.24, 2.45) is 5.41 Å².